The molecule has 2 rings (SSSR count). The molecule has 0 unspecified atom stereocenters. The highest BCUT2D eigenvalue weighted by atomic mass is 35.5. The average molecular weight is 307 g/mol. The number of amides is 1. The molecule has 0 aliphatic heterocycles. The molecule has 0 heterocycles. The fourth-order valence-corrected chi connectivity index (χ4v) is 2.17. The van der Waals surface area contributed by atoms with E-state index in [4.69, 9.17) is 11.6 Å². The van der Waals surface area contributed by atoms with Crippen LogP contribution in [0.25, 0.3) is 0 Å². The molecule has 0 spiro atoms. The van der Waals surface area contributed by atoms with Gasteiger partial charge in [-0.15, -0.1) is 0 Å². The van der Waals surface area contributed by atoms with Crippen molar-refractivity contribution in [2.75, 3.05) is 12.4 Å². The molecule has 21 heavy (non-hydrogen) atoms. The van der Waals surface area contributed by atoms with Crippen molar-refractivity contribution in [3.63, 3.8) is 0 Å². The minimum atomic E-state index is -0.310. The van der Waals surface area contributed by atoms with Gasteiger partial charge >= 0.3 is 0 Å². The summed E-state index contributed by atoms with van der Waals surface area (Å²) in [6, 6.07) is 11.9. The third-order valence-corrected chi connectivity index (χ3v) is 3.36. The lowest BCUT2D eigenvalue weighted by Gasteiger charge is -2.12. The average Bonchev–Trinajstić information content (AvgIpc) is 2.49. The van der Waals surface area contributed by atoms with E-state index >= 15 is 0 Å². The van der Waals surface area contributed by atoms with E-state index in [2.05, 4.69) is 10.6 Å². The predicted molar refractivity (Wildman–Crippen MR) is 82.9 cm³/mol. The van der Waals surface area contributed by atoms with Gasteiger partial charge in [-0.2, -0.15) is 0 Å². The largest absolute Gasteiger partial charge is 0.381 e. The number of hydrogen-bond acceptors (Lipinski definition) is 2. The van der Waals surface area contributed by atoms with Gasteiger partial charge in [-0.05, 0) is 29.8 Å². The number of anilines is 1. The van der Waals surface area contributed by atoms with Crippen LogP contribution in [0.5, 0.6) is 0 Å². The minimum Gasteiger partial charge on any atom is -0.381 e. The summed E-state index contributed by atoms with van der Waals surface area (Å²) in [5, 5.41) is 6.23. The summed E-state index contributed by atoms with van der Waals surface area (Å²) in [5.74, 6) is -0.381. The fourth-order valence-electron chi connectivity index (χ4n) is 1.98. The Labute approximate surface area is 128 Å². The maximum Gasteiger partial charge on any atom is 0.224 e. The molecule has 0 saturated carbocycles. The first-order valence-corrected chi connectivity index (χ1v) is 6.94. The lowest BCUT2D eigenvalue weighted by molar-refractivity contribution is -0.119. The van der Waals surface area contributed by atoms with Crippen molar-refractivity contribution in [3.8, 4) is 0 Å². The number of halogens is 2. The van der Waals surface area contributed by atoms with Gasteiger partial charge in [0, 0.05) is 29.9 Å². The van der Waals surface area contributed by atoms with Crippen molar-refractivity contribution in [3.05, 3.63) is 64.4 Å². The number of rotatable bonds is 5. The number of benzene rings is 2. The van der Waals surface area contributed by atoms with Crippen LogP contribution in [0.2, 0.25) is 5.02 Å². The first kappa shape index (κ1) is 15.3. The zero-order valence-corrected chi connectivity index (χ0v) is 12.4. The number of para-hydroxylation sites is 1. The first-order valence-electron chi connectivity index (χ1n) is 6.56. The molecule has 0 aliphatic rings. The zero-order valence-electron chi connectivity index (χ0n) is 11.6. The van der Waals surface area contributed by atoms with Gasteiger partial charge in [0.1, 0.15) is 5.82 Å². The molecule has 0 saturated heterocycles. The van der Waals surface area contributed by atoms with Gasteiger partial charge < -0.3 is 10.6 Å². The summed E-state index contributed by atoms with van der Waals surface area (Å²) < 4.78 is 13.7. The molecule has 0 atom stereocenters. The monoisotopic (exact) mass is 306 g/mol. The van der Waals surface area contributed by atoms with E-state index in [-0.39, 0.29) is 18.1 Å². The van der Waals surface area contributed by atoms with Gasteiger partial charge in [0.25, 0.3) is 0 Å². The van der Waals surface area contributed by atoms with Crippen molar-refractivity contribution >= 4 is 23.2 Å². The predicted octanol–water partition coefficient (Wildman–Crippen LogP) is 3.38. The van der Waals surface area contributed by atoms with Crippen LogP contribution in [-0.4, -0.2) is 13.0 Å². The van der Waals surface area contributed by atoms with Crippen LogP contribution in [0, 0.1) is 5.82 Å². The second kappa shape index (κ2) is 7.09. The molecule has 0 aromatic heterocycles. The second-order valence-electron chi connectivity index (χ2n) is 4.60. The Hall–Kier alpha value is -2.07. The van der Waals surface area contributed by atoms with Crippen molar-refractivity contribution in [2.45, 2.75) is 13.0 Å². The maximum absolute atomic E-state index is 13.7. The van der Waals surface area contributed by atoms with Crippen molar-refractivity contribution in [1.82, 2.24) is 5.32 Å². The standard InChI is InChI=1S/C16H16ClFN2O/c1-19-16(21)9-11-4-2-3-5-15(11)20-10-12-8-13(17)6-7-14(12)18/h2-8,20H,9-10H2,1H3,(H,19,21). The van der Waals surface area contributed by atoms with Crippen LogP contribution in [-0.2, 0) is 17.8 Å². The molecule has 1 amide bonds. The van der Waals surface area contributed by atoms with Crippen LogP contribution in [0.15, 0.2) is 42.5 Å². The topological polar surface area (TPSA) is 41.1 Å². The van der Waals surface area contributed by atoms with Crippen LogP contribution in [0.4, 0.5) is 10.1 Å². The number of carbonyl (C=O) groups is 1. The van der Waals surface area contributed by atoms with Crippen LogP contribution < -0.4 is 10.6 Å². The normalized spacial score (nSPS) is 10.2. The molecular weight excluding hydrogens is 291 g/mol. The summed E-state index contributed by atoms with van der Waals surface area (Å²) >= 11 is 5.87. The highest BCUT2D eigenvalue weighted by molar-refractivity contribution is 6.30. The maximum atomic E-state index is 13.7. The van der Waals surface area contributed by atoms with E-state index < -0.39 is 0 Å². The Morgan fingerprint density at radius 3 is 2.71 bits per heavy atom. The minimum absolute atomic E-state index is 0.0711. The SMILES string of the molecule is CNC(=O)Cc1ccccc1NCc1cc(Cl)ccc1F. The van der Waals surface area contributed by atoms with Crippen molar-refractivity contribution in [1.29, 1.82) is 0 Å². The quantitative estimate of drug-likeness (QED) is 0.889. The molecule has 3 nitrogen and oxygen atoms in total. The Morgan fingerprint density at radius 2 is 1.95 bits per heavy atom. The van der Waals surface area contributed by atoms with Gasteiger partial charge in [0.05, 0.1) is 6.42 Å². The Balaban J connectivity index is 2.13. The van der Waals surface area contributed by atoms with E-state index in [1.807, 2.05) is 24.3 Å². The smallest absolute Gasteiger partial charge is 0.224 e. The fraction of sp³-hybridized carbons (Fsp3) is 0.188. The van der Waals surface area contributed by atoms with Crippen molar-refractivity contribution in [2.24, 2.45) is 0 Å². The third kappa shape index (κ3) is 4.20. The van der Waals surface area contributed by atoms with Gasteiger partial charge in [-0.1, -0.05) is 29.8 Å². The summed E-state index contributed by atoms with van der Waals surface area (Å²) in [6.45, 7) is 0.303. The molecule has 110 valence electrons. The summed E-state index contributed by atoms with van der Waals surface area (Å²) in [4.78, 5) is 11.5. The Kier molecular flexibility index (Phi) is 5.17. The van der Waals surface area contributed by atoms with Gasteiger partial charge in [0.15, 0.2) is 0 Å². The Bertz CT molecular complexity index is 646. The summed E-state index contributed by atoms with van der Waals surface area (Å²) in [5.41, 5.74) is 2.15. The van der Waals surface area contributed by atoms with Gasteiger partial charge in [0.2, 0.25) is 5.91 Å². The zero-order chi connectivity index (χ0) is 15.2. The molecule has 0 radical (unpaired) electrons. The molecule has 2 aromatic carbocycles. The highest BCUT2D eigenvalue weighted by Crippen LogP contribution is 2.19. The Morgan fingerprint density at radius 1 is 1.19 bits per heavy atom. The van der Waals surface area contributed by atoms with Crippen molar-refractivity contribution < 1.29 is 9.18 Å². The van der Waals surface area contributed by atoms with E-state index in [1.54, 1.807) is 13.1 Å². The van der Waals surface area contributed by atoms with Crippen LogP contribution in [0.1, 0.15) is 11.1 Å². The number of carbonyl (C=O) groups excluding carboxylic acids is 1. The summed E-state index contributed by atoms with van der Waals surface area (Å²) in [6.07, 6.45) is 0.275. The first-order chi connectivity index (χ1) is 10.1. The van der Waals surface area contributed by atoms with Gasteiger partial charge in [-0.25, -0.2) is 4.39 Å². The van der Waals surface area contributed by atoms with E-state index in [9.17, 15) is 9.18 Å². The number of likely N-dealkylation sites (N-methyl/N-ethyl adjacent to an activating group) is 1. The molecule has 0 fully saturated rings. The van der Waals surface area contributed by atoms with Crippen LogP contribution >= 0.6 is 11.6 Å². The lowest BCUT2D eigenvalue weighted by atomic mass is 10.1. The van der Waals surface area contributed by atoms with Crippen LogP contribution in [0.3, 0.4) is 0 Å². The highest BCUT2D eigenvalue weighted by Gasteiger charge is 2.08. The molecule has 2 N–H and O–H groups in total. The van der Waals surface area contributed by atoms with E-state index in [0.29, 0.717) is 17.1 Å². The summed E-state index contributed by atoms with van der Waals surface area (Å²) in [7, 11) is 1.60. The van der Waals surface area contributed by atoms with E-state index in [1.165, 1.54) is 12.1 Å². The molecular formula is C16H16ClFN2O. The molecule has 0 aliphatic carbocycles. The second-order valence-corrected chi connectivity index (χ2v) is 5.03. The lowest BCUT2D eigenvalue weighted by Crippen LogP contribution is -2.20. The number of hydrogen-bond donors (Lipinski definition) is 2. The molecule has 2 aromatic rings. The van der Waals surface area contributed by atoms with Gasteiger partial charge in [-0.3, -0.25) is 4.79 Å². The molecule has 0 bridgehead atoms. The van der Waals surface area contributed by atoms with E-state index in [0.717, 1.165) is 11.3 Å². The third-order valence-electron chi connectivity index (χ3n) is 3.12. The molecule has 5 heteroatoms. The number of nitrogens with one attached hydrogen (secondary N) is 2.